The molecule has 0 atom stereocenters. The van der Waals surface area contributed by atoms with E-state index < -0.39 is 0 Å². The lowest BCUT2D eigenvalue weighted by Gasteiger charge is -2.09. The van der Waals surface area contributed by atoms with E-state index in [-0.39, 0.29) is 0 Å². The SMILES string of the molecule is COc1cccc(-c2cccc(COc3cc(N)nc4[nH]nnc34)c2)c1. The number of hydrogen-bond acceptors (Lipinski definition) is 6. The zero-order valence-electron chi connectivity index (χ0n) is 14.1. The average Bonchev–Trinajstić information content (AvgIpc) is 3.15. The molecular weight excluding hydrogens is 330 g/mol. The number of methoxy groups -OCH3 is 1. The summed E-state index contributed by atoms with van der Waals surface area (Å²) in [5, 5.41) is 10.4. The van der Waals surface area contributed by atoms with Gasteiger partial charge in [-0.25, -0.2) is 10.1 Å². The molecule has 0 radical (unpaired) electrons. The first kappa shape index (κ1) is 15.9. The summed E-state index contributed by atoms with van der Waals surface area (Å²) >= 11 is 0. The Bertz CT molecular complexity index is 1060. The predicted molar refractivity (Wildman–Crippen MR) is 98.9 cm³/mol. The molecule has 7 nitrogen and oxygen atoms in total. The van der Waals surface area contributed by atoms with Crippen molar-refractivity contribution < 1.29 is 9.47 Å². The van der Waals surface area contributed by atoms with Crippen LogP contribution in [0.2, 0.25) is 0 Å². The van der Waals surface area contributed by atoms with Crippen molar-refractivity contribution in [2.75, 3.05) is 12.8 Å². The largest absolute Gasteiger partial charge is 0.497 e. The van der Waals surface area contributed by atoms with Gasteiger partial charge in [-0.15, -0.1) is 5.10 Å². The van der Waals surface area contributed by atoms with Crippen molar-refractivity contribution in [1.82, 2.24) is 20.4 Å². The van der Waals surface area contributed by atoms with Crippen LogP contribution in [0.4, 0.5) is 5.82 Å². The number of hydrogen-bond donors (Lipinski definition) is 2. The second-order valence-corrected chi connectivity index (χ2v) is 5.78. The molecule has 0 fully saturated rings. The minimum Gasteiger partial charge on any atom is -0.497 e. The third-order valence-electron chi connectivity index (χ3n) is 4.01. The van der Waals surface area contributed by atoms with Gasteiger partial charge in [-0.2, -0.15) is 0 Å². The highest BCUT2D eigenvalue weighted by atomic mass is 16.5. The average molecular weight is 347 g/mol. The second kappa shape index (κ2) is 6.72. The Morgan fingerprint density at radius 2 is 1.85 bits per heavy atom. The Labute approximate surface area is 149 Å². The van der Waals surface area contributed by atoms with Crippen LogP contribution in [-0.2, 0) is 6.61 Å². The van der Waals surface area contributed by atoms with E-state index >= 15 is 0 Å². The number of fused-ring (bicyclic) bond motifs is 1. The number of rotatable bonds is 5. The topological polar surface area (TPSA) is 98.9 Å². The zero-order chi connectivity index (χ0) is 17.9. The molecule has 2 aromatic carbocycles. The van der Waals surface area contributed by atoms with Crippen molar-refractivity contribution in [3.63, 3.8) is 0 Å². The molecule has 0 bridgehead atoms. The summed E-state index contributed by atoms with van der Waals surface area (Å²) in [7, 11) is 1.66. The lowest BCUT2D eigenvalue weighted by molar-refractivity contribution is 0.309. The van der Waals surface area contributed by atoms with Crippen LogP contribution in [0.3, 0.4) is 0 Å². The highest BCUT2D eigenvalue weighted by Crippen LogP contribution is 2.26. The number of ether oxygens (including phenoxy) is 2. The molecule has 4 aromatic rings. The summed E-state index contributed by atoms with van der Waals surface area (Å²) < 4.78 is 11.2. The summed E-state index contributed by atoms with van der Waals surface area (Å²) in [5.41, 5.74) is 10.1. The van der Waals surface area contributed by atoms with Crippen LogP contribution in [0.1, 0.15) is 5.56 Å². The zero-order valence-corrected chi connectivity index (χ0v) is 14.1. The van der Waals surface area contributed by atoms with Gasteiger partial charge in [0.1, 0.15) is 18.2 Å². The van der Waals surface area contributed by atoms with Gasteiger partial charge in [0.2, 0.25) is 0 Å². The van der Waals surface area contributed by atoms with Crippen molar-refractivity contribution in [2.24, 2.45) is 0 Å². The van der Waals surface area contributed by atoms with Gasteiger partial charge in [0.05, 0.1) is 7.11 Å². The Hall–Kier alpha value is -3.61. The summed E-state index contributed by atoms with van der Waals surface area (Å²) in [4.78, 5) is 4.13. The molecule has 0 aliphatic heterocycles. The minimum absolute atomic E-state index is 0.351. The molecule has 3 N–H and O–H groups in total. The number of benzene rings is 2. The molecule has 7 heteroatoms. The Morgan fingerprint density at radius 1 is 1.04 bits per heavy atom. The summed E-state index contributed by atoms with van der Waals surface area (Å²) in [6.45, 7) is 0.378. The van der Waals surface area contributed by atoms with Crippen LogP contribution in [-0.4, -0.2) is 27.5 Å². The van der Waals surface area contributed by atoms with E-state index in [0.717, 1.165) is 22.4 Å². The first-order valence-corrected chi connectivity index (χ1v) is 8.06. The number of nitrogens with two attached hydrogens (primary N) is 1. The number of nitrogens with zero attached hydrogens (tertiary/aromatic N) is 3. The van der Waals surface area contributed by atoms with Crippen LogP contribution in [0.5, 0.6) is 11.5 Å². The molecule has 2 aromatic heterocycles. The Kier molecular flexibility index (Phi) is 4.10. The number of nitrogen functional groups attached to an aromatic ring is 1. The molecular formula is C19H17N5O2. The number of pyridine rings is 1. The number of anilines is 1. The third kappa shape index (κ3) is 3.14. The molecule has 0 aliphatic carbocycles. The molecule has 2 heterocycles. The van der Waals surface area contributed by atoms with E-state index in [1.165, 1.54) is 0 Å². The Morgan fingerprint density at radius 3 is 2.69 bits per heavy atom. The molecule has 130 valence electrons. The number of H-pyrrole nitrogens is 1. The van der Waals surface area contributed by atoms with Gasteiger partial charge in [-0.05, 0) is 34.9 Å². The van der Waals surface area contributed by atoms with Crippen LogP contribution in [0.15, 0.2) is 54.6 Å². The standard InChI is InChI=1S/C19H17N5O2/c1-25-15-7-3-6-14(9-15)13-5-2-4-12(8-13)11-26-16-10-17(20)21-19-18(16)22-24-23-19/h2-10H,11H2,1H3,(H3,20,21,22,23,24). The van der Waals surface area contributed by atoms with Gasteiger partial charge < -0.3 is 15.2 Å². The van der Waals surface area contributed by atoms with Gasteiger partial charge in [-0.3, -0.25) is 0 Å². The van der Waals surface area contributed by atoms with E-state index in [1.807, 2.05) is 36.4 Å². The fourth-order valence-electron chi connectivity index (χ4n) is 2.75. The van der Waals surface area contributed by atoms with Crippen molar-refractivity contribution in [3.8, 4) is 22.6 Å². The van der Waals surface area contributed by atoms with Gasteiger partial charge in [0.15, 0.2) is 16.9 Å². The number of nitrogens with one attached hydrogen (secondary N) is 1. The first-order chi connectivity index (χ1) is 12.7. The molecule has 0 aliphatic rings. The Balaban J connectivity index is 1.58. The molecule has 4 rings (SSSR count). The van der Waals surface area contributed by atoms with Crippen LogP contribution < -0.4 is 15.2 Å². The number of aromatic amines is 1. The maximum absolute atomic E-state index is 5.91. The molecule has 0 unspecified atom stereocenters. The van der Waals surface area contributed by atoms with E-state index in [1.54, 1.807) is 13.2 Å². The fourth-order valence-corrected chi connectivity index (χ4v) is 2.75. The molecule has 0 saturated heterocycles. The number of aromatic nitrogens is 4. The quantitative estimate of drug-likeness (QED) is 0.575. The summed E-state index contributed by atoms with van der Waals surface area (Å²) in [6.07, 6.45) is 0. The van der Waals surface area contributed by atoms with Crippen molar-refractivity contribution in [1.29, 1.82) is 0 Å². The fraction of sp³-hybridized carbons (Fsp3) is 0.105. The van der Waals surface area contributed by atoms with Crippen molar-refractivity contribution in [3.05, 3.63) is 60.2 Å². The highest BCUT2D eigenvalue weighted by Gasteiger charge is 2.10. The van der Waals surface area contributed by atoms with E-state index in [0.29, 0.717) is 29.3 Å². The summed E-state index contributed by atoms with van der Waals surface area (Å²) in [6, 6.07) is 17.7. The third-order valence-corrected chi connectivity index (χ3v) is 4.01. The van der Waals surface area contributed by atoms with E-state index in [2.05, 4.69) is 32.5 Å². The van der Waals surface area contributed by atoms with Gasteiger partial charge in [-0.1, -0.05) is 35.5 Å². The highest BCUT2D eigenvalue weighted by molar-refractivity contribution is 5.78. The molecule has 26 heavy (non-hydrogen) atoms. The van der Waals surface area contributed by atoms with Gasteiger partial charge in [0.25, 0.3) is 0 Å². The molecule has 0 spiro atoms. The van der Waals surface area contributed by atoms with Crippen LogP contribution in [0, 0.1) is 0 Å². The van der Waals surface area contributed by atoms with Gasteiger partial charge >= 0.3 is 0 Å². The smallest absolute Gasteiger partial charge is 0.181 e. The van der Waals surface area contributed by atoms with Crippen molar-refractivity contribution in [2.45, 2.75) is 6.61 Å². The van der Waals surface area contributed by atoms with Crippen LogP contribution >= 0.6 is 0 Å². The van der Waals surface area contributed by atoms with Gasteiger partial charge in [0, 0.05) is 6.07 Å². The monoisotopic (exact) mass is 347 g/mol. The van der Waals surface area contributed by atoms with Crippen molar-refractivity contribution >= 4 is 17.0 Å². The minimum atomic E-state index is 0.351. The normalized spacial score (nSPS) is 10.8. The lowest BCUT2D eigenvalue weighted by Crippen LogP contribution is -1.99. The summed E-state index contributed by atoms with van der Waals surface area (Å²) in [5.74, 6) is 1.72. The predicted octanol–water partition coefficient (Wildman–Crippen LogP) is 3.19. The van der Waals surface area contributed by atoms with Crippen LogP contribution in [0.25, 0.3) is 22.3 Å². The second-order valence-electron chi connectivity index (χ2n) is 5.78. The maximum Gasteiger partial charge on any atom is 0.181 e. The molecule has 0 saturated carbocycles. The maximum atomic E-state index is 5.91. The first-order valence-electron chi connectivity index (χ1n) is 8.06. The molecule has 0 amide bonds. The van der Waals surface area contributed by atoms with E-state index in [9.17, 15) is 0 Å². The lowest BCUT2D eigenvalue weighted by atomic mass is 10.0. The van der Waals surface area contributed by atoms with E-state index in [4.69, 9.17) is 15.2 Å².